The highest BCUT2D eigenvalue weighted by atomic mass is 32.2. The smallest absolute Gasteiger partial charge is 0.338 e. The number of H-pyrrole nitrogens is 1. The fourth-order valence-corrected chi connectivity index (χ4v) is 2.95. The zero-order chi connectivity index (χ0) is 21.6. The number of carbonyl (C=O) groups excluding carboxylic acids is 3. The van der Waals surface area contributed by atoms with Crippen LogP contribution in [0, 0.1) is 0 Å². The Morgan fingerprint density at radius 3 is 2.45 bits per heavy atom. The maximum absolute atomic E-state index is 12.4. The molecule has 0 aliphatic carbocycles. The van der Waals surface area contributed by atoms with Gasteiger partial charge in [-0.15, -0.1) is 0 Å². The summed E-state index contributed by atoms with van der Waals surface area (Å²) >= 11 is 0.916. The predicted octanol–water partition coefficient (Wildman–Crippen LogP) is 1.73. The number of thioether (sulfide) groups is 1. The van der Waals surface area contributed by atoms with Crippen LogP contribution in [0.1, 0.15) is 31.1 Å². The van der Waals surface area contributed by atoms with Gasteiger partial charge >= 0.3 is 5.97 Å². The Balaban J connectivity index is 2.03. The summed E-state index contributed by atoms with van der Waals surface area (Å²) in [5.74, 6) is -2.01. The molecule has 154 valence electrons. The summed E-state index contributed by atoms with van der Waals surface area (Å²) in [6.45, 7) is 4.75. The lowest BCUT2D eigenvalue weighted by atomic mass is 10.2. The van der Waals surface area contributed by atoms with E-state index in [1.165, 1.54) is 19.1 Å². The second kappa shape index (κ2) is 9.73. The van der Waals surface area contributed by atoms with Crippen molar-refractivity contribution >= 4 is 40.9 Å². The largest absolute Gasteiger partial charge is 0.492 e. The molecule has 2 rings (SSSR count). The van der Waals surface area contributed by atoms with E-state index >= 15 is 0 Å². The van der Waals surface area contributed by atoms with Crippen LogP contribution >= 0.6 is 11.8 Å². The lowest BCUT2D eigenvalue weighted by Crippen LogP contribution is -2.24. The number of hydrogen-bond acceptors (Lipinski definition) is 8. The number of amides is 2. The fourth-order valence-electron chi connectivity index (χ4n) is 2.15. The highest BCUT2D eigenvalue weighted by Gasteiger charge is 2.19. The number of aromatic hydroxyl groups is 1. The number of nitrogens with one attached hydrogen (secondary N) is 3. The van der Waals surface area contributed by atoms with Crippen LogP contribution in [-0.4, -0.2) is 44.7 Å². The molecule has 1 aromatic heterocycles. The predicted molar refractivity (Wildman–Crippen MR) is 107 cm³/mol. The average Bonchev–Trinajstić information content (AvgIpc) is 2.65. The summed E-state index contributed by atoms with van der Waals surface area (Å²) in [5.41, 5.74) is -0.261. The molecule has 2 amide bonds. The Labute approximate surface area is 170 Å². The zero-order valence-corrected chi connectivity index (χ0v) is 16.8. The van der Waals surface area contributed by atoms with Gasteiger partial charge in [-0.3, -0.25) is 19.4 Å². The first kappa shape index (κ1) is 22.0. The van der Waals surface area contributed by atoms with Crippen molar-refractivity contribution in [3.63, 3.8) is 0 Å². The quantitative estimate of drug-likeness (QED) is 0.300. The van der Waals surface area contributed by atoms with E-state index < -0.39 is 28.6 Å². The third-order valence-corrected chi connectivity index (χ3v) is 4.49. The number of anilines is 2. The van der Waals surface area contributed by atoms with Crippen LogP contribution in [0.5, 0.6) is 5.88 Å². The van der Waals surface area contributed by atoms with Crippen molar-refractivity contribution in [2.24, 2.45) is 0 Å². The number of hydrogen-bond donors (Lipinski definition) is 4. The van der Waals surface area contributed by atoms with Gasteiger partial charge in [0.05, 0.1) is 17.4 Å². The maximum Gasteiger partial charge on any atom is 0.338 e. The Morgan fingerprint density at radius 2 is 1.90 bits per heavy atom. The SMILES string of the molecule is CCOC(=O)c1ccc(NC(=O)[C@@H](C)Sc2nc(O)c(NC(C)=O)c(=O)[nH]2)cc1. The highest BCUT2D eigenvalue weighted by molar-refractivity contribution is 8.00. The first-order valence-corrected chi connectivity index (χ1v) is 9.44. The van der Waals surface area contributed by atoms with Gasteiger partial charge in [-0.25, -0.2) is 4.79 Å². The lowest BCUT2D eigenvalue weighted by molar-refractivity contribution is -0.115. The van der Waals surface area contributed by atoms with E-state index in [9.17, 15) is 24.3 Å². The van der Waals surface area contributed by atoms with E-state index in [0.29, 0.717) is 11.3 Å². The van der Waals surface area contributed by atoms with Gasteiger partial charge in [0.15, 0.2) is 10.8 Å². The number of carbonyl (C=O) groups is 3. The van der Waals surface area contributed by atoms with Crippen molar-refractivity contribution in [1.82, 2.24) is 9.97 Å². The van der Waals surface area contributed by atoms with E-state index in [1.807, 2.05) is 0 Å². The van der Waals surface area contributed by atoms with Crippen LogP contribution in [0.25, 0.3) is 0 Å². The summed E-state index contributed by atoms with van der Waals surface area (Å²) in [4.78, 5) is 53.2. The van der Waals surface area contributed by atoms with Crippen LogP contribution in [0.2, 0.25) is 0 Å². The van der Waals surface area contributed by atoms with Crippen LogP contribution in [0.15, 0.2) is 34.2 Å². The normalized spacial score (nSPS) is 11.4. The van der Waals surface area contributed by atoms with Crippen molar-refractivity contribution in [3.05, 3.63) is 40.2 Å². The van der Waals surface area contributed by atoms with E-state index in [1.54, 1.807) is 26.0 Å². The number of aromatic nitrogens is 2. The standard InChI is InChI=1S/C18H20N4O6S/c1-4-28-17(27)11-5-7-12(8-6-11)20-14(24)9(2)29-18-21-15(25)13(16(26)22-18)19-10(3)23/h5-9H,4H2,1-3H3,(H,19,23)(H,20,24)(H2,21,22,25,26)/t9-/m1/s1. The van der Waals surface area contributed by atoms with Crippen LogP contribution < -0.4 is 16.2 Å². The lowest BCUT2D eigenvalue weighted by Gasteiger charge is -2.12. The molecule has 4 N–H and O–H groups in total. The van der Waals surface area contributed by atoms with Gasteiger partial charge in [0, 0.05) is 12.6 Å². The molecular weight excluding hydrogens is 400 g/mol. The number of rotatable bonds is 7. The molecule has 0 aliphatic heterocycles. The molecule has 0 saturated heterocycles. The Kier molecular flexibility index (Phi) is 7.37. The number of benzene rings is 1. The molecule has 2 aromatic rings. The molecular formula is C18H20N4O6S. The minimum absolute atomic E-state index is 0.0157. The zero-order valence-electron chi connectivity index (χ0n) is 15.9. The second-order valence-electron chi connectivity index (χ2n) is 5.80. The van der Waals surface area contributed by atoms with Gasteiger partial charge in [0.1, 0.15) is 0 Å². The Hall–Kier alpha value is -3.34. The molecule has 1 aromatic carbocycles. The summed E-state index contributed by atoms with van der Waals surface area (Å²) in [6, 6.07) is 6.19. The molecule has 11 heteroatoms. The summed E-state index contributed by atoms with van der Waals surface area (Å²) in [5, 5.41) is 14.0. The van der Waals surface area contributed by atoms with Crippen LogP contribution in [-0.2, 0) is 14.3 Å². The van der Waals surface area contributed by atoms with Crippen molar-refractivity contribution in [2.45, 2.75) is 31.2 Å². The minimum Gasteiger partial charge on any atom is -0.492 e. The monoisotopic (exact) mass is 420 g/mol. The third-order valence-electron chi connectivity index (χ3n) is 3.50. The molecule has 0 fully saturated rings. The highest BCUT2D eigenvalue weighted by Crippen LogP contribution is 2.24. The summed E-state index contributed by atoms with van der Waals surface area (Å²) in [7, 11) is 0. The van der Waals surface area contributed by atoms with E-state index in [-0.39, 0.29) is 23.4 Å². The molecule has 29 heavy (non-hydrogen) atoms. The van der Waals surface area contributed by atoms with Crippen molar-refractivity contribution < 1.29 is 24.2 Å². The van der Waals surface area contributed by atoms with Crippen molar-refractivity contribution in [2.75, 3.05) is 17.2 Å². The molecule has 0 unspecified atom stereocenters. The average molecular weight is 420 g/mol. The molecule has 0 radical (unpaired) electrons. The number of aromatic amines is 1. The fraction of sp³-hybridized carbons (Fsp3) is 0.278. The molecule has 0 spiro atoms. The van der Waals surface area contributed by atoms with Gasteiger partial charge in [-0.05, 0) is 38.1 Å². The molecule has 0 saturated carbocycles. The molecule has 0 bridgehead atoms. The molecule has 0 aliphatic rings. The van der Waals surface area contributed by atoms with Crippen LogP contribution in [0.3, 0.4) is 0 Å². The Bertz CT molecular complexity index is 973. The van der Waals surface area contributed by atoms with E-state index in [4.69, 9.17) is 4.74 Å². The molecule has 1 heterocycles. The number of esters is 1. The molecule has 1 atom stereocenters. The van der Waals surface area contributed by atoms with Crippen molar-refractivity contribution in [3.8, 4) is 5.88 Å². The van der Waals surface area contributed by atoms with Gasteiger partial charge in [-0.2, -0.15) is 4.98 Å². The molecule has 10 nitrogen and oxygen atoms in total. The number of ether oxygens (including phenoxy) is 1. The Morgan fingerprint density at radius 1 is 1.24 bits per heavy atom. The van der Waals surface area contributed by atoms with Gasteiger partial charge < -0.3 is 20.5 Å². The van der Waals surface area contributed by atoms with Gasteiger partial charge in [0.25, 0.3) is 5.56 Å². The van der Waals surface area contributed by atoms with Crippen molar-refractivity contribution in [1.29, 1.82) is 0 Å². The third kappa shape index (κ3) is 6.07. The second-order valence-corrected chi connectivity index (χ2v) is 7.13. The first-order chi connectivity index (χ1) is 13.7. The van der Waals surface area contributed by atoms with Gasteiger partial charge in [-0.1, -0.05) is 11.8 Å². The first-order valence-electron chi connectivity index (χ1n) is 8.56. The van der Waals surface area contributed by atoms with E-state index in [0.717, 1.165) is 11.8 Å². The summed E-state index contributed by atoms with van der Waals surface area (Å²) < 4.78 is 4.89. The van der Waals surface area contributed by atoms with Crippen LogP contribution in [0.4, 0.5) is 11.4 Å². The van der Waals surface area contributed by atoms with Gasteiger partial charge in [0.2, 0.25) is 17.7 Å². The minimum atomic E-state index is -0.739. The number of nitrogens with zero attached hydrogens (tertiary/aromatic N) is 1. The maximum atomic E-state index is 12.4. The summed E-state index contributed by atoms with van der Waals surface area (Å²) in [6.07, 6.45) is 0. The topological polar surface area (TPSA) is 150 Å². The van der Waals surface area contributed by atoms with E-state index in [2.05, 4.69) is 20.6 Å².